The number of carbonyl (C=O) groups is 1. The molecule has 114 valence electrons. The molecule has 0 unspecified atom stereocenters. The number of furan rings is 1. The Morgan fingerprint density at radius 1 is 1.52 bits per heavy atom. The minimum Gasteiger partial charge on any atom is -0.477 e. The van der Waals surface area contributed by atoms with E-state index < -0.39 is 16.0 Å². The van der Waals surface area contributed by atoms with Crippen molar-refractivity contribution >= 4 is 27.3 Å². The lowest BCUT2D eigenvalue weighted by molar-refractivity contribution is 0.0701. The van der Waals surface area contributed by atoms with Crippen molar-refractivity contribution in [2.24, 2.45) is 0 Å². The molecule has 9 heteroatoms. The lowest BCUT2D eigenvalue weighted by atomic mass is 10.3. The smallest absolute Gasteiger partial charge is 0.347 e. The standard InChI is InChI=1S/C12H14N2O5S2/c1-8-11(12(15)16)20-10(14-8)3-2-5-13-21(17,18)9-4-6-19-7-9/h4,6-7,13H,2-3,5H2,1H3,(H,15,16). The number of rotatable bonds is 7. The number of aromatic nitrogens is 1. The number of aromatic carboxylic acids is 1. The summed E-state index contributed by atoms with van der Waals surface area (Å²) in [5.41, 5.74) is 0.487. The van der Waals surface area contributed by atoms with Crippen LogP contribution in [0, 0.1) is 6.92 Å². The molecule has 0 amide bonds. The molecule has 0 saturated carbocycles. The third-order valence-corrected chi connectivity index (χ3v) is 5.34. The number of aryl methyl sites for hydroxylation is 2. The van der Waals surface area contributed by atoms with Gasteiger partial charge in [0.15, 0.2) is 0 Å². The first-order chi connectivity index (χ1) is 9.90. The van der Waals surface area contributed by atoms with Gasteiger partial charge in [-0.25, -0.2) is 22.9 Å². The first-order valence-electron chi connectivity index (χ1n) is 6.11. The molecule has 0 radical (unpaired) electrons. The van der Waals surface area contributed by atoms with E-state index in [2.05, 4.69) is 9.71 Å². The van der Waals surface area contributed by atoms with Crippen LogP contribution in [0.5, 0.6) is 0 Å². The molecule has 7 nitrogen and oxygen atoms in total. The van der Waals surface area contributed by atoms with Crippen molar-refractivity contribution in [2.45, 2.75) is 24.7 Å². The molecule has 2 N–H and O–H groups in total. The van der Waals surface area contributed by atoms with Gasteiger partial charge in [0.25, 0.3) is 0 Å². The molecular weight excluding hydrogens is 316 g/mol. The molecule has 21 heavy (non-hydrogen) atoms. The molecule has 0 fully saturated rings. The molecule has 0 aliphatic carbocycles. The van der Waals surface area contributed by atoms with Crippen LogP contribution in [0.25, 0.3) is 0 Å². The largest absolute Gasteiger partial charge is 0.477 e. The Hall–Kier alpha value is -1.71. The summed E-state index contributed by atoms with van der Waals surface area (Å²) < 4.78 is 30.8. The van der Waals surface area contributed by atoms with Gasteiger partial charge >= 0.3 is 5.97 Å². The zero-order valence-corrected chi connectivity index (χ0v) is 12.8. The highest BCUT2D eigenvalue weighted by molar-refractivity contribution is 7.89. The topological polar surface area (TPSA) is 110 Å². The van der Waals surface area contributed by atoms with Crippen molar-refractivity contribution in [1.29, 1.82) is 0 Å². The van der Waals surface area contributed by atoms with E-state index in [0.29, 0.717) is 23.5 Å². The van der Waals surface area contributed by atoms with E-state index in [0.717, 1.165) is 17.6 Å². The summed E-state index contributed by atoms with van der Waals surface area (Å²) in [6.45, 7) is 1.89. The fourth-order valence-electron chi connectivity index (χ4n) is 1.69. The SMILES string of the molecule is Cc1nc(CCCNS(=O)(=O)c2ccoc2)sc1C(=O)O. The summed E-state index contributed by atoms with van der Waals surface area (Å²) in [5, 5.41) is 9.62. The summed E-state index contributed by atoms with van der Waals surface area (Å²) in [6.07, 6.45) is 3.50. The maximum atomic E-state index is 11.8. The van der Waals surface area contributed by atoms with Gasteiger partial charge in [-0.2, -0.15) is 0 Å². The Morgan fingerprint density at radius 2 is 2.29 bits per heavy atom. The highest BCUT2D eigenvalue weighted by Crippen LogP contribution is 2.19. The number of thiazole rings is 1. The molecule has 0 aromatic carbocycles. The summed E-state index contributed by atoms with van der Waals surface area (Å²) in [4.78, 5) is 15.4. The van der Waals surface area contributed by atoms with Crippen LogP contribution in [0.3, 0.4) is 0 Å². The molecule has 2 aromatic heterocycles. The van der Waals surface area contributed by atoms with Crippen molar-refractivity contribution in [3.8, 4) is 0 Å². The normalized spacial score (nSPS) is 11.7. The van der Waals surface area contributed by atoms with Crippen molar-refractivity contribution in [3.63, 3.8) is 0 Å². The third-order valence-electron chi connectivity index (χ3n) is 2.70. The Kier molecular flexibility index (Phi) is 4.76. The highest BCUT2D eigenvalue weighted by atomic mass is 32.2. The molecule has 0 aliphatic rings. The Morgan fingerprint density at radius 3 is 2.86 bits per heavy atom. The molecule has 0 spiro atoms. The average molecular weight is 330 g/mol. The minimum absolute atomic E-state index is 0.0840. The zero-order valence-electron chi connectivity index (χ0n) is 11.2. The molecular formula is C12H14N2O5S2. The summed E-state index contributed by atoms with van der Waals surface area (Å²) in [6, 6.07) is 1.37. The predicted molar refractivity (Wildman–Crippen MR) is 76.0 cm³/mol. The van der Waals surface area contributed by atoms with Crippen LogP contribution < -0.4 is 4.72 Å². The van der Waals surface area contributed by atoms with Gasteiger partial charge in [0.2, 0.25) is 10.0 Å². The molecule has 0 saturated heterocycles. The fourth-order valence-corrected chi connectivity index (χ4v) is 3.63. The Bertz CT molecular complexity index is 719. The van der Waals surface area contributed by atoms with Crippen LogP contribution in [-0.4, -0.2) is 31.0 Å². The van der Waals surface area contributed by atoms with Crippen LogP contribution >= 0.6 is 11.3 Å². The number of nitrogens with one attached hydrogen (secondary N) is 1. The van der Waals surface area contributed by atoms with Gasteiger partial charge in [-0.15, -0.1) is 11.3 Å². The monoisotopic (exact) mass is 330 g/mol. The number of hydrogen-bond acceptors (Lipinski definition) is 6. The van der Waals surface area contributed by atoms with Crippen molar-refractivity contribution in [2.75, 3.05) is 6.54 Å². The third kappa shape index (κ3) is 3.90. The van der Waals surface area contributed by atoms with E-state index in [9.17, 15) is 13.2 Å². The van der Waals surface area contributed by atoms with Gasteiger partial charge in [-0.3, -0.25) is 0 Å². The van der Waals surface area contributed by atoms with Crippen LogP contribution in [0.15, 0.2) is 27.9 Å². The maximum absolute atomic E-state index is 11.8. The van der Waals surface area contributed by atoms with Crippen molar-refractivity contribution in [1.82, 2.24) is 9.71 Å². The summed E-state index contributed by atoms with van der Waals surface area (Å²) in [5.74, 6) is -0.989. The molecule has 0 aliphatic heterocycles. The molecule has 2 aromatic rings. The first-order valence-corrected chi connectivity index (χ1v) is 8.41. The summed E-state index contributed by atoms with van der Waals surface area (Å²) >= 11 is 1.12. The van der Waals surface area contributed by atoms with E-state index in [1.54, 1.807) is 6.92 Å². The van der Waals surface area contributed by atoms with E-state index >= 15 is 0 Å². The Balaban J connectivity index is 1.85. The van der Waals surface area contributed by atoms with Gasteiger partial charge in [0.1, 0.15) is 16.0 Å². The molecule has 0 bridgehead atoms. The van der Waals surface area contributed by atoms with Crippen LogP contribution in [0.1, 0.15) is 26.8 Å². The van der Waals surface area contributed by atoms with Crippen LogP contribution in [0.2, 0.25) is 0 Å². The number of nitrogens with zero attached hydrogens (tertiary/aromatic N) is 1. The van der Waals surface area contributed by atoms with Crippen molar-refractivity contribution < 1.29 is 22.7 Å². The van der Waals surface area contributed by atoms with E-state index in [1.165, 1.54) is 12.3 Å². The minimum atomic E-state index is -3.54. The maximum Gasteiger partial charge on any atom is 0.347 e. The number of carboxylic acids is 1. The van der Waals surface area contributed by atoms with Crippen molar-refractivity contribution in [3.05, 3.63) is 34.2 Å². The average Bonchev–Trinajstić information content (AvgIpc) is 3.04. The zero-order chi connectivity index (χ0) is 15.5. The second-order valence-corrected chi connectivity index (χ2v) is 7.14. The molecule has 2 heterocycles. The lowest BCUT2D eigenvalue weighted by Gasteiger charge is -2.03. The van der Waals surface area contributed by atoms with Crippen LogP contribution in [0.4, 0.5) is 0 Å². The quantitative estimate of drug-likeness (QED) is 0.747. The second kappa shape index (κ2) is 6.37. The lowest BCUT2D eigenvalue weighted by Crippen LogP contribution is -2.24. The van der Waals surface area contributed by atoms with E-state index in [4.69, 9.17) is 9.52 Å². The first kappa shape index (κ1) is 15.7. The fraction of sp³-hybridized carbons (Fsp3) is 0.333. The second-order valence-electron chi connectivity index (χ2n) is 4.29. The number of sulfonamides is 1. The van der Waals surface area contributed by atoms with Gasteiger partial charge in [0.05, 0.1) is 17.0 Å². The van der Waals surface area contributed by atoms with E-state index in [1.807, 2.05) is 0 Å². The predicted octanol–water partition coefficient (Wildman–Crippen LogP) is 1.65. The Labute approximate surface area is 125 Å². The number of carboxylic acid groups (broad SMARTS) is 1. The summed E-state index contributed by atoms with van der Waals surface area (Å²) in [7, 11) is -3.54. The number of hydrogen-bond donors (Lipinski definition) is 2. The van der Waals surface area contributed by atoms with Gasteiger partial charge in [0, 0.05) is 13.0 Å². The van der Waals surface area contributed by atoms with Gasteiger partial charge < -0.3 is 9.52 Å². The molecule has 2 rings (SSSR count). The van der Waals surface area contributed by atoms with Crippen LogP contribution in [-0.2, 0) is 16.4 Å². The highest BCUT2D eigenvalue weighted by Gasteiger charge is 2.16. The molecule has 0 atom stereocenters. The van der Waals surface area contributed by atoms with E-state index in [-0.39, 0.29) is 16.3 Å². The van der Waals surface area contributed by atoms with Gasteiger partial charge in [-0.1, -0.05) is 0 Å². The van der Waals surface area contributed by atoms with Gasteiger partial charge in [-0.05, 0) is 19.4 Å².